The molecule has 0 fully saturated rings. The predicted molar refractivity (Wildman–Crippen MR) is 75.6 cm³/mol. The van der Waals surface area contributed by atoms with Crippen molar-refractivity contribution in [1.82, 2.24) is 15.6 Å². The van der Waals surface area contributed by atoms with Crippen LogP contribution in [0.4, 0.5) is 0 Å². The van der Waals surface area contributed by atoms with Gasteiger partial charge >= 0.3 is 0 Å². The number of hydrogen-bond donors (Lipinski definition) is 3. The summed E-state index contributed by atoms with van der Waals surface area (Å²) in [6.07, 6.45) is 0. The van der Waals surface area contributed by atoms with Gasteiger partial charge in [0.25, 0.3) is 5.91 Å². The molecule has 1 heterocycles. The van der Waals surface area contributed by atoms with Gasteiger partial charge in [0.05, 0.1) is 11.4 Å². The quantitative estimate of drug-likeness (QED) is 0.382. The fraction of sp³-hybridized carbons (Fsp3) is 0.500. The van der Waals surface area contributed by atoms with Crippen molar-refractivity contribution >= 4 is 23.2 Å². The molecule has 6 nitrogen and oxygen atoms in total. The van der Waals surface area contributed by atoms with Crippen LogP contribution in [0.5, 0.6) is 0 Å². The van der Waals surface area contributed by atoms with Gasteiger partial charge in [0.15, 0.2) is 0 Å². The lowest BCUT2D eigenvalue weighted by atomic mass is 10.3. The molecule has 0 aliphatic rings. The Kier molecular flexibility index (Phi) is 6.48. The van der Waals surface area contributed by atoms with Gasteiger partial charge in [-0.3, -0.25) is 19.9 Å². The standard InChI is InChI=1S/C12H20N4O2S/c1-3-14-11(17)8-16(4-2)7-9-5-6-10(19-9)12(18)15-13/h5-6H,3-4,7-8,13H2,1-2H3,(H,14,17)(H,15,18). The van der Waals surface area contributed by atoms with Crippen molar-refractivity contribution in [2.75, 3.05) is 19.6 Å². The maximum absolute atomic E-state index is 11.5. The van der Waals surface area contributed by atoms with Crippen LogP contribution in [0.25, 0.3) is 0 Å². The number of hydrogen-bond acceptors (Lipinski definition) is 5. The third-order valence-corrected chi connectivity index (χ3v) is 3.65. The van der Waals surface area contributed by atoms with Gasteiger partial charge in [-0.1, -0.05) is 6.92 Å². The lowest BCUT2D eigenvalue weighted by Gasteiger charge is -2.18. The van der Waals surface area contributed by atoms with E-state index in [0.717, 1.165) is 11.4 Å². The number of carbonyl (C=O) groups excluding carboxylic acids is 2. The Morgan fingerprint density at radius 2 is 2.11 bits per heavy atom. The lowest BCUT2D eigenvalue weighted by molar-refractivity contribution is -0.122. The van der Waals surface area contributed by atoms with Gasteiger partial charge < -0.3 is 5.32 Å². The summed E-state index contributed by atoms with van der Waals surface area (Å²) in [4.78, 5) is 26.5. The summed E-state index contributed by atoms with van der Waals surface area (Å²) < 4.78 is 0. The van der Waals surface area contributed by atoms with Crippen molar-refractivity contribution in [3.05, 3.63) is 21.9 Å². The Hall–Kier alpha value is -1.44. The van der Waals surface area contributed by atoms with E-state index in [9.17, 15) is 9.59 Å². The lowest BCUT2D eigenvalue weighted by Crippen LogP contribution is -2.36. The van der Waals surface area contributed by atoms with Crippen LogP contribution in [0, 0.1) is 0 Å². The zero-order valence-electron chi connectivity index (χ0n) is 11.2. The SMILES string of the molecule is CCNC(=O)CN(CC)Cc1ccc(C(=O)NN)s1. The first-order valence-corrected chi connectivity index (χ1v) is 7.01. The van der Waals surface area contributed by atoms with Gasteiger partial charge in [0.2, 0.25) is 5.91 Å². The molecule has 1 rings (SSSR count). The number of carbonyl (C=O) groups is 2. The minimum absolute atomic E-state index is 0.0147. The molecule has 4 N–H and O–H groups in total. The van der Waals surface area contributed by atoms with Gasteiger partial charge in [0, 0.05) is 18.0 Å². The highest BCUT2D eigenvalue weighted by Crippen LogP contribution is 2.18. The molecule has 0 unspecified atom stereocenters. The molecule has 0 spiro atoms. The molecular formula is C12H20N4O2S. The highest BCUT2D eigenvalue weighted by molar-refractivity contribution is 7.14. The van der Waals surface area contributed by atoms with Gasteiger partial charge in [-0.25, -0.2) is 5.84 Å². The molecule has 0 bridgehead atoms. The van der Waals surface area contributed by atoms with Gasteiger partial charge in [-0.2, -0.15) is 0 Å². The first-order chi connectivity index (χ1) is 9.10. The number of nitrogens with zero attached hydrogens (tertiary/aromatic N) is 1. The van der Waals surface area contributed by atoms with Gasteiger partial charge in [0.1, 0.15) is 0 Å². The highest BCUT2D eigenvalue weighted by Gasteiger charge is 2.12. The second-order valence-electron chi connectivity index (χ2n) is 4.00. The van der Waals surface area contributed by atoms with E-state index in [0.29, 0.717) is 24.5 Å². The summed E-state index contributed by atoms with van der Waals surface area (Å²) in [5.41, 5.74) is 2.10. The minimum Gasteiger partial charge on any atom is -0.355 e. The molecule has 0 atom stereocenters. The number of thiophene rings is 1. The Morgan fingerprint density at radius 1 is 1.37 bits per heavy atom. The van der Waals surface area contributed by atoms with E-state index in [1.165, 1.54) is 11.3 Å². The summed E-state index contributed by atoms with van der Waals surface area (Å²) in [5, 5.41) is 2.77. The van der Waals surface area contributed by atoms with Gasteiger partial charge in [-0.05, 0) is 25.6 Å². The van der Waals surface area contributed by atoms with Crippen LogP contribution in [0.2, 0.25) is 0 Å². The molecule has 0 saturated heterocycles. The van der Waals surface area contributed by atoms with E-state index in [-0.39, 0.29) is 11.8 Å². The second kappa shape index (κ2) is 7.88. The molecule has 0 aromatic carbocycles. The second-order valence-corrected chi connectivity index (χ2v) is 5.16. The average Bonchev–Trinajstić information content (AvgIpc) is 2.85. The molecule has 1 aromatic rings. The van der Waals surface area contributed by atoms with Crippen LogP contribution in [0.1, 0.15) is 28.4 Å². The number of likely N-dealkylation sites (N-methyl/N-ethyl adjacent to an activating group) is 2. The molecule has 7 heteroatoms. The summed E-state index contributed by atoms with van der Waals surface area (Å²) in [6, 6.07) is 3.62. The van der Waals surface area contributed by atoms with Crippen molar-refractivity contribution in [3.63, 3.8) is 0 Å². The third-order valence-electron chi connectivity index (χ3n) is 2.58. The molecule has 106 valence electrons. The molecular weight excluding hydrogens is 264 g/mol. The van der Waals surface area contributed by atoms with Crippen molar-refractivity contribution in [3.8, 4) is 0 Å². The number of amides is 2. The summed E-state index contributed by atoms with van der Waals surface area (Å²) in [6.45, 7) is 6.31. The highest BCUT2D eigenvalue weighted by atomic mass is 32.1. The number of rotatable bonds is 7. The average molecular weight is 284 g/mol. The maximum atomic E-state index is 11.5. The van der Waals surface area contributed by atoms with Crippen molar-refractivity contribution in [2.45, 2.75) is 20.4 Å². The number of nitrogen functional groups attached to an aromatic ring is 1. The van der Waals surface area contributed by atoms with E-state index in [4.69, 9.17) is 5.84 Å². The molecule has 19 heavy (non-hydrogen) atoms. The number of nitrogens with one attached hydrogen (secondary N) is 2. The van der Waals surface area contributed by atoms with E-state index >= 15 is 0 Å². The van der Waals surface area contributed by atoms with Crippen molar-refractivity contribution in [1.29, 1.82) is 0 Å². The van der Waals surface area contributed by atoms with E-state index in [1.54, 1.807) is 6.07 Å². The third kappa shape index (κ3) is 4.98. The van der Waals surface area contributed by atoms with Crippen LogP contribution in [0.15, 0.2) is 12.1 Å². The smallest absolute Gasteiger partial charge is 0.275 e. The largest absolute Gasteiger partial charge is 0.355 e. The molecule has 2 amide bonds. The summed E-state index contributed by atoms with van der Waals surface area (Å²) >= 11 is 1.38. The monoisotopic (exact) mass is 284 g/mol. The summed E-state index contributed by atoms with van der Waals surface area (Å²) in [7, 11) is 0. The molecule has 0 saturated carbocycles. The van der Waals surface area contributed by atoms with Gasteiger partial charge in [-0.15, -0.1) is 11.3 Å². The van der Waals surface area contributed by atoms with Crippen LogP contribution in [-0.4, -0.2) is 36.3 Å². The fourth-order valence-electron chi connectivity index (χ4n) is 1.61. The van der Waals surface area contributed by atoms with E-state index < -0.39 is 0 Å². The van der Waals surface area contributed by atoms with Crippen LogP contribution in [0.3, 0.4) is 0 Å². The Morgan fingerprint density at radius 3 is 2.68 bits per heavy atom. The number of nitrogens with two attached hydrogens (primary N) is 1. The number of hydrazine groups is 1. The fourth-order valence-corrected chi connectivity index (χ4v) is 2.57. The molecule has 0 radical (unpaired) electrons. The van der Waals surface area contributed by atoms with E-state index in [2.05, 4.69) is 10.7 Å². The van der Waals surface area contributed by atoms with E-state index in [1.807, 2.05) is 24.8 Å². The normalized spacial score (nSPS) is 10.5. The van der Waals surface area contributed by atoms with Crippen LogP contribution >= 0.6 is 11.3 Å². The zero-order valence-corrected chi connectivity index (χ0v) is 12.0. The first kappa shape index (κ1) is 15.6. The Labute approximate surface area is 116 Å². The summed E-state index contributed by atoms with van der Waals surface area (Å²) in [5.74, 6) is 4.81. The van der Waals surface area contributed by atoms with Crippen molar-refractivity contribution in [2.24, 2.45) is 5.84 Å². The topological polar surface area (TPSA) is 87.5 Å². The molecule has 0 aliphatic heterocycles. The minimum atomic E-state index is -0.289. The van der Waals surface area contributed by atoms with Crippen LogP contribution < -0.4 is 16.6 Å². The zero-order chi connectivity index (χ0) is 14.3. The predicted octanol–water partition coefficient (Wildman–Crippen LogP) is 0.310. The molecule has 1 aromatic heterocycles. The van der Waals surface area contributed by atoms with Crippen molar-refractivity contribution < 1.29 is 9.59 Å². The molecule has 0 aliphatic carbocycles. The maximum Gasteiger partial charge on any atom is 0.275 e. The first-order valence-electron chi connectivity index (χ1n) is 6.19. The Bertz CT molecular complexity index is 433. The van der Waals surface area contributed by atoms with Crippen LogP contribution in [-0.2, 0) is 11.3 Å². The Balaban J connectivity index is 2.58.